The smallest absolute Gasteiger partial charge is 0.246 e. The number of aliphatic hydroxyl groups excluding tert-OH is 1. The van der Waals surface area contributed by atoms with Crippen molar-refractivity contribution in [3.8, 4) is 0 Å². The Kier molecular flexibility index (Phi) is 3.66. The summed E-state index contributed by atoms with van der Waals surface area (Å²) in [5.41, 5.74) is 5.39. The van der Waals surface area contributed by atoms with Crippen molar-refractivity contribution in [1.29, 1.82) is 0 Å². The summed E-state index contributed by atoms with van der Waals surface area (Å²) in [6.07, 6.45) is 1.62. The molecule has 1 heterocycles. The molecule has 0 bridgehead atoms. The molecule has 5 N–H and O–H groups in total. The number of aromatic amines is 1. The highest BCUT2D eigenvalue weighted by molar-refractivity contribution is 7.89. The minimum absolute atomic E-state index is 0.0182. The van der Waals surface area contributed by atoms with Gasteiger partial charge in [-0.2, -0.15) is 5.10 Å². The number of nitrogens with one attached hydrogen (secondary N) is 2. The van der Waals surface area contributed by atoms with E-state index in [2.05, 4.69) is 14.9 Å². The van der Waals surface area contributed by atoms with Crippen LogP contribution in [0, 0.1) is 0 Å². The number of rotatable bonds is 5. The van der Waals surface area contributed by atoms with Crippen LogP contribution in [0.1, 0.15) is 13.3 Å². The molecule has 0 amide bonds. The summed E-state index contributed by atoms with van der Waals surface area (Å²) >= 11 is 0. The van der Waals surface area contributed by atoms with Crippen molar-refractivity contribution in [1.82, 2.24) is 14.9 Å². The Hall–Kier alpha value is -1.12. The van der Waals surface area contributed by atoms with E-state index >= 15 is 0 Å². The van der Waals surface area contributed by atoms with Gasteiger partial charge in [-0.25, -0.2) is 13.1 Å². The second-order valence-electron chi connectivity index (χ2n) is 3.06. The topological polar surface area (TPSA) is 121 Å². The third-order valence-electron chi connectivity index (χ3n) is 1.96. The summed E-state index contributed by atoms with van der Waals surface area (Å²) in [5, 5.41) is 14.7. The Morgan fingerprint density at radius 3 is 2.80 bits per heavy atom. The second-order valence-corrected chi connectivity index (χ2v) is 4.74. The first-order valence-electron chi connectivity index (χ1n) is 4.43. The van der Waals surface area contributed by atoms with Crippen LogP contribution < -0.4 is 10.5 Å². The molecule has 0 saturated carbocycles. The van der Waals surface area contributed by atoms with E-state index in [1.165, 1.54) is 0 Å². The van der Waals surface area contributed by atoms with Crippen molar-refractivity contribution in [2.24, 2.45) is 0 Å². The molecule has 1 aromatic rings. The Bertz CT molecular complexity index is 410. The maximum atomic E-state index is 11.7. The molecule has 1 rings (SSSR count). The fraction of sp³-hybridized carbons (Fsp3) is 0.571. The summed E-state index contributed by atoms with van der Waals surface area (Å²) in [4.78, 5) is -0.102. The second kappa shape index (κ2) is 4.60. The van der Waals surface area contributed by atoms with E-state index < -0.39 is 16.1 Å². The van der Waals surface area contributed by atoms with Crippen LogP contribution >= 0.6 is 0 Å². The molecule has 8 heteroatoms. The monoisotopic (exact) mass is 234 g/mol. The highest BCUT2D eigenvalue weighted by Crippen LogP contribution is 2.14. The van der Waals surface area contributed by atoms with Crippen molar-refractivity contribution in [2.75, 3.05) is 12.3 Å². The van der Waals surface area contributed by atoms with Gasteiger partial charge < -0.3 is 10.8 Å². The molecule has 0 aliphatic carbocycles. The molecule has 0 radical (unpaired) electrons. The van der Waals surface area contributed by atoms with Crippen LogP contribution in [-0.2, 0) is 10.0 Å². The lowest BCUT2D eigenvalue weighted by Gasteiger charge is -2.13. The van der Waals surface area contributed by atoms with Crippen LogP contribution in [-0.4, -0.2) is 36.4 Å². The normalized spacial score (nSPS) is 14.0. The number of aliphatic hydroxyl groups is 1. The maximum Gasteiger partial charge on any atom is 0.246 e. The fourth-order valence-corrected chi connectivity index (χ4v) is 2.37. The number of nitrogens with two attached hydrogens (primary N) is 1. The SMILES string of the molecule is CCC(CO)NS(=O)(=O)c1cn[nH]c1N. The van der Waals surface area contributed by atoms with Crippen molar-refractivity contribution >= 4 is 15.8 Å². The highest BCUT2D eigenvalue weighted by atomic mass is 32.2. The van der Waals surface area contributed by atoms with Crippen molar-refractivity contribution in [3.05, 3.63) is 6.20 Å². The molecule has 0 aliphatic heterocycles. The summed E-state index contributed by atoms with van der Waals surface area (Å²) in [7, 11) is -3.70. The summed E-state index contributed by atoms with van der Waals surface area (Å²) in [5.74, 6) is -0.0182. The van der Waals surface area contributed by atoms with E-state index in [1.54, 1.807) is 6.92 Å². The number of hydrogen-bond acceptors (Lipinski definition) is 5. The Balaban J connectivity index is 2.90. The van der Waals surface area contributed by atoms with Gasteiger partial charge in [0.1, 0.15) is 10.7 Å². The number of anilines is 1. The average molecular weight is 234 g/mol. The van der Waals surface area contributed by atoms with Gasteiger partial charge in [0.05, 0.1) is 12.8 Å². The summed E-state index contributed by atoms with van der Waals surface area (Å²) in [6, 6.07) is -0.510. The van der Waals surface area contributed by atoms with Gasteiger partial charge in [-0.1, -0.05) is 6.92 Å². The van der Waals surface area contributed by atoms with Gasteiger partial charge in [0, 0.05) is 6.04 Å². The molecule has 1 aromatic heterocycles. The predicted molar refractivity (Wildman–Crippen MR) is 54.5 cm³/mol. The van der Waals surface area contributed by atoms with Crippen LogP contribution in [0.4, 0.5) is 5.82 Å². The van der Waals surface area contributed by atoms with E-state index in [0.29, 0.717) is 6.42 Å². The standard InChI is InChI=1S/C7H14N4O3S/c1-2-5(4-12)11-15(13,14)6-3-9-10-7(6)8/h3,5,11-12H,2,4H2,1H3,(H3,8,9,10). The summed E-state index contributed by atoms with van der Waals surface area (Å²) in [6.45, 7) is 1.51. The largest absolute Gasteiger partial charge is 0.395 e. The van der Waals surface area contributed by atoms with Crippen molar-refractivity contribution < 1.29 is 13.5 Å². The van der Waals surface area contributed by atoms with Crippen LogP contribution in [0.3, 0.4) is 0 Å². The Morgan fingerprint density at radius 1 is 1.73 bits per heavy atom. The molecule has 86 valence electrons. The average Bonchev–Trinajstić information content (AvgIpc) is 2.61. The minimum atomic E-state index is -3.70. The lowest BCUT2D eigenvalue weighted by molar-refractivity contribution is 0.254. The van der Waals surface area contributed by atoms with E-state index in [-0.39, 0.29) is 17.3 Å². The van der Waals surface area contributed by atoms with Gasteiger partial charge in [-0.15, -0.1) is 0 Å². The van der Waals surface area contributed by atoms with E-state index in [1.807, 2.05) is 0 Å². The van der Waals surface area contributed by atoms with Gasteiger partial charge in [0.15, 0.2) is 0 Å². The number of nitrogens with zero attached hydrogens (tertiary/aromatic N) is 1. The Morgan fingerprint density at radius 2 is 2.40 bits per heavy atom. The number of H-pyrrole nitrogens is 1. The third kappa shape index (κ3) is 2.67. The van der Waals surface area contributed by atoms with Crippen LogP contribution in [0.5, 0.6) is 0 Å². The maximum absolute atomic E-state index is 11.7. The zero-order valence-corrected chi connectivity index (χ0v) is 9.08. The van der Waals surface area contributed by atoms with E-state index in [9.17, 15) is 8.42 Å². The molecule has 0 fully saturated rings. The molecule has 1 atom stereocenters. The number of hydrogen-bond donors (Lipinski definition) is 4. The van der Waals surface area contributed by atoms with Crippen LogP contribution in [0.15, 0.2) is 11.1 Å². The van der Waals surface area contributed by atoms with Gasteiger partial charge in [-0.05, 0) is 6.42 Å². The lowest BCUT2D eigenvalue weighted by Crippen LogP contribution is -2.37. The molecule has 0 saturated heterocycles. The number of nitrogen functional groups attached to an aromatic ring is 1. The lowest BCUT2D eigenvalue weighted by atomic mass is 10.3. The molecule has 0 spiro atoms. The quantitative estimate of drug-likeness (QED) is 0.523. The van der Waals surface area contributed by atoms with Gasteiger partial charge in [0.2, 0.25) is 10.0 Å². The number of aromatic nitrogens is 2. The first-order chi connectivity index (χ1) is 7.01. The zero-order chi connectivity index (χ0) is 11.5. The highest BCUT2D eigenvalue weighted by Gasteiger charge is 2.22. The van der Waals surface area contributed by atoms with Crippen LogP contribution in [0.2, 0.25) is 0 Å². The molecular formula is C7H14N4O3S. The fourth-order valence-electron chi connectivity index (χ4n) is 1.03. The molecule has 0 aliphatic rings. The number of sulfonamides is 1. The molecule has 15 heavy (non-hydrogen) atoms. The van der Waals surface area contributed by atoms with Crippen molar-refractivity contribution in [3.63, 3.8) is 0 Å². The first-order valence-corrected chi connectivity index (χ1v) is 5.91. The Labute approximate surface area is 87.7 Å². The van der Waals surface area contributed by atoms with Gasteiger partial charge >= 0.3 is 0 Å². The summed E-state index contributed by atoms with van der Waals surface area (Å²) < 4.78 is 25.7. The van der Waals surface area contributed by atoms with E-state index in [4.69, 9.17) is 10.8 Å². The first kappa shape index (κ1) is 12.0. The molecule has 7 nitrogen and oxygen atoms in total. The molecular weight excluding hydrogens is 220 g/mol. The van der Waals surface area contributed by atoms with Crippen molar-refractivity contribution in [2.45, 2.75) is 24.3 Å². The van der Waals surface area contributed by atoms with Gasteiger partial charge in [0.25, 0.3) is 0 Å². The minimum Gasteiger partial charge on any atom is -0.395 e. The third-order valence-corrected chi connectivity index (χ3v) is 3.50. The molecule has 1 unspecified atom stereocenters. The van der Waals surface area contributed by atoms with Gasteiger partial charge in [-0.3, -0.25) is 5.10 Å². The molecule has 0 aromatic carbocycles. The van der Waals surface area contributed by atoms with Crippen LogP contribution in [0.25, 0.3) is 0 Å². The zero-order valence-electron chi connectivity index (χ0n) is 8.27. The predicted octanol–water partition coefficient (Wildman–Crippen LogP) is -0.959. The van der Waals surface area contributed by atoms with E-state index in [0.717, 1.165) is 6.20 Å².